The van der Waals surface area contributed by atoms with E-state index in [0.717, 1.165) is 0 Å². The van der Waals surface area contributed by atoms with Gasteiger partial charge in [0.2, 0.25) is 5.91 Å². The van der Waals surface area contributed by atoms with E-state index in [4.69, 9.17) is 10.5 Å². The first-order valence-electron chi connectivity index (χ1n) is 6.81. The Morgan fingerprint density at radius 1 is 1.59 bits per heavy atom. The van der Waals surface area contributed by atoms with Crippen LogP contribution in [0, 0.1) is 6.92 Å². The number of hydrogen-bond donors (Lipinski definition) is 3. The summed E-state index contributed by atoms with van der Waals surface area (Å²) in [7, 11) is 1.49. The summed E-state index contributed by atoms with van der Waals surface area (Å²) < 4.78 is 6.73. The molecule has 122 valence electrons. The van der Waals surface area contributed by atoms with E-state index in [9.17, 15) is 19.8 Å². The minimum atomic E-state index is -1.13. The number of aromatic nitrogens is 2. The van der Waals surface area contributed by atoms with E-state index >= 15 is 0 Å². The van der Waals surface area contributed by atoms with Crippen molar-refractivity contribution in [2.24, 2.45) is 0 Å². The SMILES string of the molecule is CC(=O)N(C)[C@H]1C(O)C(CO)O[C@H]1n1cc(C)c(N)nc1=O. The molecule has 0 radical (unpaired) electrons. The molecule has 1 aliphatic rings. The number of rotatable bonds is 3. The van der Waals surface area contributed by atoms with Crippen molar-refractivity contribution in [2.45, 2.75) is 38.3 Å². The largest absolute Gasteiger partial charge is 0.394 e. The van der Waals surface area contributed by atoms with Crippen molar-refractivity contribution in [3.05, 3.63) is 22.2 Å². The Bertz CT molecular complexity index is 631. The summed E-state index contributed by atoms with van der Waals surface area (Å²) in [6, 6.07) is -0.822. The zero-order valence-corrected chi connectivity index (χ0v) is 12.6. The van der Waals surface area contributed by atoms with Crippen LogP contribution in [0.25, 0.3) is 0 Å². The van der Waals surface area contributed by atoms with E-state index in [-0.39, 0.29) is 11.7 Å². The predicted octanol–water partition coefficient (Wildman–Crippen LogP) is -1.77. The van der Waals surface area contributed by atoms with E-state index in [1.165, 1.54) is 29.6 Å². The predicted molar refractivity (Wildman–Crippen MR) is 76.9 cm³/mol. The Morgan fingerprint density at radius 2 is 2.23 bits per heavy atom. The second kappa shape index (κ2) is 6.03. The van der Waals surface area contributed by atoms with Gasteiger partial charge in [0.05, 0.1) is 6.61 Å². The van der Waals surface area contributed by atoms with Crippen molar-refractivity contribution in [2.75, 3.05) is 19.4 Å². The van der Waals surface area contributed by atoms with E-state index in [0.29, 0.717) is 5.56 Å². The number of aryl methyl sites for hydroxylation is 1. The van der Waals surface area contributed by atoms with Crippen molar-refractivity contribution in [3.63, 3.8) is 0 Å². The fourth-order valence-corrected chi connectivity index (χ4v) is 2.50. The van der Waals surface area contributed by atoms with Crippen molar-refractivity contribution < 1.29 is 19.7 Å². The minimum absolute atomic E-state index is 0.106. The third-order valence-electron chi connectivity index (χ3n) is 3.91. The zero-order valence-electron chi connectivity index (χ0n) is 12.6. The van der Waals surface area contributed by atoms with Crippen LogP contribution in [0.5, 0.6) is 0 Å². The van der Waals surface area contributed by atoms with Gasteiger partial charge in [-0.15, -0.1) is 0 Å². The van der Waals surface area contributed by atoms with Crippen LogP contribution in [0.4, 0.5) is 5.82 Å². The van der Waals surface area contributed by atoms with Gasteiger partial charge in [0.1, 0.15) is 24.1 Å². The van der Waals surface area contributed by atoms with Gasteiger partial charge in [0.25, 0.3) is 0 Å². The molecular weight excluding hydrogens is 292 g/mol. The number of nitrogens with zero attached hydrogens (tertiary/aromatic N) is 3. The number of likely N-dealkylation sites (N-methyl/N-ethyl adjacent to an activating group) is 1. The van der Waals surface area contributed by atoms with Gasteiger partial charge in [-0.05, 0) is 6.92 Å². The highest BCUT2D eigenvalue weighted by molar-refractivity contribution is 5.73. The van der Waals surface area contributed by atoms with Crippen molar-refractivity contribution >= 4 is 11.7 Å². The van der Waals surface area contributed by atoms with Gasteiger partial charge >= 0.3 is 5.69 Å². The Kier molecular flexibility index (Phi) is 4.50. The molecule has 0 spiro atoms. The van der Waals surface area contributed by atoms with Crippen LogP contribution in [0.2, 0.25) is 0 Å². The number of nitrogens with two attached hydrogens (primary N) is 1. The van der Waals surface area contributed by atoms with Gasteiger partial charge in [-0.1, -0.05) is 0 Å². The fraction of sp³-hybridized carbons (Fsp3) is 0.615. The molecule has 1 amide bonds. The van der Waals surface area contributed by atoms with Gasteiger partial charge in [0.15, 0.2) is 6.23 Å². The van der Waals surface area contributed by atoms with Crippen LogP contribution in [0.15, 0.2) is 11.0 Å². The van der Waals surface area contributed by atoms with Gasteiger partial charge in [-0.3, -0.25) is 9.36 Å². The van der Waals surface area contributed by atoms with Crippen LogP contribution in [-0.4, -0.2) is 62.5 Å². The highest BCUT2D eigenvalue weighted by atomic mass is 16.5. The second-order valence-electron chi connectivity index (χ2n) is 5.36. The van der Waals surface area contributed by atoms with E-state index in [1.54, 1.807) is 6.92 Å². The monoisotopic (exact) mass is 312 g/mol. The molecule has 9 nitrogen and oxygen atoms in total. The summed E-state index contributed by atoms with van der Waals surface area (Å²) in [6.07, 6.45) is -1.53. The highest BCUT2D eigenvalue weighted by Gasteiger charge is 2.47. The lowest BCUT2D eigenvalue weighted by Gasteiger charge is -2.30. The van der Waals surface area contributed by atoms with Crippen LogP contribution >= 0.6 is 0 Å². The molecule has 2 heterocycles. The molecule has 1 aromatic rings. The van der Waals surface area contributed by atoms with E-state index in [2.05, 4.69) is 4.98 Å². The molecule has 4 N–H and O–H groups in total. The quantitative estimate of drug-likeness (QED) is 0.602. The molecule has 1 fully saturated rings. The molecule has 4 atom stereocenters. The average Bonchev–Trinajstić information content (AvgIpc) is 2.78. The molecule has 0 aromatic carbocycles. The van der Waals surface area contributed by atoms with Crippen molar-refractivity contribution in [1.29, 1.82) is 0 Å². The van der Waals surface area contributed by atoms with Gasteiger partial charge in [-0.2, -0.15) is 4.98 Å². The molecule has 0 bridgehead atoms. The molecule has 0 aliphatic carbocycles. The van der Waals surface area contributed by atoms with Crippen LogP contribution in [0.3, 0.4) is 0 Å². The molecule has 0 saturated carbocycles. The summed E-state index contributed by atoms with van der Waals surface area (Å²) in [6.45, 7) is 2.58. The number of amides is 1. The molecule has 2 rings (SSSR count). The lowest BCUT2D eigenvalue weighted by Crippen LogP contribution is -2.48. The summed E-state index contributed by atoms with van der Waals surface area (Å²) in [5.41, 5.74) is 5.50. The molecule has 22 heavy (non-hydrogen) atoms. The molecular formula is C13H20N4O5. The normalized spacial score (nSPS) is 27.9. The maximum atomic E-state index is 12.1. The van der Waals surface area contributed by atoms with E-state index < -0.39 is 36.8 Å². The standard InChI is InChI=1S/C13H20N4O5/c1-6-4-17(13(21)15-11(6)14)12-9(16(3)7(2)19)10(20)8(5-18)22-12/h4,8-10,12,18,20H,5H2,1-3H3,(H2,14,15,21)/t8?,9-,10?,12+/m0/s1. The van der Waals surface area contributed by atoms with Crippen molar-refractivity contribution in [1.82, 2.24) is 14.5 Å². The lowest BCUT2D eigenvalue weighted by molar-refractivity contribution is -0.133. The van der Waals surface area contributed by atoms with Crippen LogP contribution < -0.4 is 11.4 Å². The maximum absolute atomic E-state index is 12.1. The lowest BCUT2D eigenvalue weighted by atomic mass is 10.1. The fourth-order valence-electron chi connectivity index (χ4n) is 2.50. The first kappa shape index (κ1) is 16.4. The van der Waals surface area contributed by atoms with Gasteiger partial charge in [-0.25, -0.2) is 4.79 Å². The number of carbonyl (C=O) groups excluding carboxylic acids is 1. The minimum Gasteiger partial charge on any atom is -0.394 e. The van der Waals surface area contributed by atoms with Crippen LogP contribution in [-0.2, 0) is 9.53 Å². The number of ether oxygens (including phenoxy) is 1. The number of aliphatic hydroxyl groups excluding tert-OH is 2. The first-order chi connectivity index (χ1) is 10.3. The third kappa shape index (κ3) is 2.70. The van der Waals surface area contributed by atoms with Gasteiger partial charge < -0.3 is 25.6 Å². The zero-order chi connectivity index (χ0) is 16.6. The Labute approximate surface area is 126 Å². The number of nitrogen functional groups attached to an aromatic ring is 1. The smallest absolute Gasteiger partial charge is 0.351 e. The van der Waals surface area contributed by atoms with E-state index in [1.807, 2.05) is 0 Å². The summed E-state index contributed by atoms with van der Waals surface area (Å²) >= 11 is 0. The Balaban J connectivity index is 2.49. The molecule has 1 aromatic heterocycles. The maximum Gasteiger partial charge on any atom is 0.351 e. The number of aliphatic hydroxyl groups is 2. The van der Waals surface area contributed by atoms with Gasteiger partial charge in [0, 0.05) is 25.7 Å². The first-order valence-corrected chi connectivity index (χ1v) is 6.81. The number of hydrogen-bond acceptors (Lipinski definition) is 7. The molecule has 1 aliphatic heterocycles. The summed E-state index contributed by atoms with van der Waals surface area (Å²) in [5.74, 6) is -0.195. The van der Waals surface area contributed by atoms with Crippen LogP contribution in [0.1, 0.15) is 18.7 Å². The Hall–Kier alpha value is -1.97. The third-order valence-corrected chi connectivity index (χ3v) is 3.91. The topological polar surface area (TPSA) is 131 Å². The molecule has 9 heteroatoms. The number of carbonyl (C=O) groups is 1. The molecule has 1 saturated heterocycles. The Morgan fingerprint density at radius 3 is 2.77 bits per heavy atom. The summed E-state index contributed by atoms with van der Waals surface area (Å²) in [4.78, 5) is 28.7. The van der Waals surface area contributed by atoms with Crippen molar-refractivity contribution in [3.8, 4) is 0 Å². The number of anilines is 1. The highest BCUT2D eigenvalue weighted by Crippen LogP contribution is 2.32. The summed E-state index contributed by atoms with van der Waals surface area (Å²) in [5, 5.41) is 19.6. The average molecular weight is 312 g/mol. The second-order valence-corrected chi connectivity index (χ2v) is 5.36. The molecule has 2 unspecified atom stereocenters.